The Bertz CT molecular complexity index is 1190. The van der Waals surface area contributed by atoms with Crippen molar-refractivity contribution in [1.82, 2.24) is 4.57 Å². The molecule has 0 bridgehead atoms. The zero-order valence-corrected chi connectivity index (χ0v) is 22.2. The van der Waals surface area contributed by atoms with Gasteiger partial charge in [0.25, 0.3) is 0 Å². The van der Waals surface area contributed by atoms with Crippen molar-refractivity contribution < 1.29 is 4.48 Å². The number of aromatic nitrogens is 1. The van der Waals surface area contributed by atoms with E-state index in [0.29, 0.717) is 0 Å². The van der Waals surface area contributed by atoms with Crippen molar-refractivity contribution in [3.05, 3.63) is 69.5 Å². The molecule has 0 radical (unpaired) electrons. The number of rotatable bonds is 9. The van der Waals surface area contributed by atoms with Gasteiger partial charge in [0.1, 0.15) is 0 Å². The fourth-order valence-electron chi connectivity index (χ4n) is 3.25. The average molecular weight is 479 g/mol. The van der Waals surface area contributed by atoms with Gasteiger partial charge in [-0.25, -0.2) is 0 Å². The number of aryl methyl sites for hydroxylation is 1. The summed E-state index contributed by atoms with van der Waals surface area (Å²) in [7, 11) is 8.67. The van der Waals surface area contributed by atoms with Crippen LogP contribution in [0.25, 0.3) is 0 Å². The smallest absolute Gasteiger partial charge is 0.210 e. The molecule has 180 valence electrons. The summed E-state index contributed by atoms with van der Waals surface area (Å²) >= 11 is 1.64. The summed E-state index contributed by atoms with van der Waals surface area (Å²) in [6, 6.07) is 16.1. The Kier molecular flexibility index (Phi) is 8.52. The standard InChI is InChI=1S/C26H36N7S/c1-8-32(17-18-33(5,6)7)25-15-13-24(14-16-25)29-28-23-11-9-22(10-12-23)19-27-30-26-31(4)20(2)21(3)34-26/h9-16,19H,8,17-18H2,1-7H3/q+1/b27-19+,29-28+,30-26-. The highest BCUT2D eigenvalue weighted by molar-refractivity contribution is 7.09. The summed E-state index contributed by atoms with van der Waals surface area (Å²) in [5, 5.41) is 17.3. The van der Waals surface area contributed by atoms with E-state index < -0.39 is 0 Å². The molecular formula is C26H36N7S+. The zero-order valence-electron chi connectivity index (χ0n) is 21.4. The highest BCUT2D eigenvalue weighted by atomic mass is 32.1. The molecular weight excluding hydrogens is 442 g/mol. The molecule has 0 N–H and O–H groups in total. The Morgan fingerprint density at radius 1 is 0.941 bits per heavy atom. The van der Waals surface area contributed by atoms with Crippen LogP contribution >= 0.6 is 11.3 Å². The molecule has 0 saturated carbocycles. The SMILES string of the molecule is CCN(CC[N+](C)(C)C)c1ccc(/N=N/c2ccc(/C=N/N=c3\sc(C)c(C)n3C)cc2)cc1. The minimum atomic E-state index is 0.798. The van der Waals surface area contributed by atoms with Gasteiger partial charge >= 0.3 is 0 Å². The highest BCUT2D eigenvalue weighted by Crippen LogP contribution is 2.22. The van der Waals surface area contributed by atoms with E-state index >= 15 is 0 Å². The summed E-state index contributed by atoms with van der Waals surface area (Å²) in [4.78, 5) is 4.53. The summed E-state index contributed by atoms with van der Waals surface area (Å²) in [5.74, 6) is 0. The number of benzene rings is 2. The molecule has 0 aliphatic rings. The van der Waals surface area contributed by atoms with Gasteiger partial charge in [0, 0.05) is 29.9 Å². The molecule has 0 amide bonds. The molecule has 7 nitrogen and oxygen atoms in total. The summed E-state index contributed by atoms with van der Waals surface area (Å²) < 4.78 is 3.01. The minimum Gasteiger partial charge on any atom is -0.366 e. The lowest BCUT2D eigenvalue weighted by molar-refractivity contribution is -0.868. The number of hydrogen-bond donors (Lipinski definition) is 0. The number of anilines is 1. The number of hydrogen-bond acceptors (Lipinski definition) is 6. The van der Waals surface area contributed by atoms with E-state index in [2.05, 4.69) is 83.9 Å². The first-order valence-electron chi connectivity index (χ1n) is 11.5. The van der Waals surface area contributed by atoms with Crippen LogP contribution in [0.5, 0.6) is 0 Å². The molecule has 3 rings (SSSR count). The van der Waals surface area contributed by atoms with E-state index in [0.717, 1.165) is 45.9 Å². The second-order valence-corrected chi connectivity index (χ2v) is 10.5. The van der Waals surface area contributed by atoms with Crippen LogP contribution in [0.1, 0.15) is 23.1 Å². The second-order valence-electron chi connectivity index (χ2n) is 9.33. The van der Waals surface area contributed by atoms with Crippen molar-refractivity contribution in [1.29, 1.82) is 0 Å². The molecule has 0 aliphatic heterocycles. The monoisotopic (exact) mass is 478 g/mol. The predicted molar refractivity (Wildman–Crippen MR) is 144 cm³/mol. The van der Waals surface area contributed by atoms with E-state index in [4.69, 9.17) is 0 Å². The third-order valence-electron chi connectivity index (χ3n) is 5.71. The van der Waals surface area contributed by atoms with Gasteiger partial charge in [-0.15, -0.1) is 16.4 Å². The number of thiazole rings is 1. The normalized spacial score (nSPS) is 12.9. The predicted octanol–water partition coefficient (Wildman–Crippen LogP) is 5.59. The zero-order chi connectivity index (χ0) is 24.7. The van der Waals surface area contributed by atoms with Crippen LogP contribution in [0.2, 0.25) is 0 Å². The Morgan fingerprint density at radius 3 is 2.03 bits per heavy atom. The Labute approximate surface area is 207 Å². The van der Waals surface area contributed by atoms with Crippen molar-refractivity contribution in [2.75, 3.05) is 45.7 Å². The third-order valence-corrected chi connectivity index (χ3v) is 6.85. The van der Waals surface area contributed by atoms with Crippen molar-refractivity contribution in [2.45, 2.75) is 20.8 Å². The Balaban J connectivity index is 1.61. The van der Waals surface area contributed by atoms with E-state index in [1.165, 1.54) is 16.3 Å². The van der Waals surface area contributed by atoms with Crippen LogP contribution in [0.4, 0.5) is 17.1 Å². The van der Waals surface area contributed by atoms with Gasteiger partial charge in [0.05, 0.1) is 51.8 Å². The lowest BCUT2D eigenvalue weighted by Crippen LogP contribution is -2.42. The van der Waals surface area contributed by atoms with E-state index in [1.807, 2.05) is 43.4 Å². The Hall–Kier alpha value is -3.10. The molecule has 34 heavy (non-hydrogen) atoms. The van der Waals surface area contributed by atoms with Crippen LogP contribution < -0.4 is 9.70 Å². The molecule has 1 aromatic heterocycles. The fraction of sp³-hybridized carbons (Fsp3) is 0.385. The van der Waals surface area contributed by atoms with Gasteiger partial charge in [-0.3, -0.25) is 0 Å². The molecule has 0 atom stereocenters. The molecule has 0 fully saturated rings. The Morgan fingerprint density at radius 2 is 1.53 bits per heavy atom. The summed E-state index contributed by atoms with van der Waals surface area (Å²) in [6.45, 7) is 9.47. The van der Waals surface area contributed by atoms with Gasteiger partial charge < -0.3 is 14.0 Å². The maximum absolute atomic E-state index is 4.39. The molecule has 0 aliphatic carbocycles. The van der Waals surface area contributed by atoms with Gasteiger partial charge in [-0.1, -0.05) is 12.1 Å². The van der Waals surface area contributed by atoms with Gasteiger partial charge in [-0.2, -0.15) is 15.3 Å². The lowest BCUT2D eigenvalue weighted by atomic mass is 10.2. The number of azo groups is 1. The summed E-state index contributed by atoms with van der Waals surface area (Å²) in [5.41, 5.74) is 5.03. The first-order chi connectivity index (χ1) is 16.2. The van der Waals surface area contributed by atoms with Crippen molar-refractivity contribution in [2.24, 2.45) is 27.5 Å². The molecule has 8 heteroatoms. The molecule has 0 spiro atoms. The number of quaternary nitrogens is 1. The van der Waals surface area contributed by atoms with Gasteiger partial charge in [0.15, 0.2) is 0 Å². The molecule has 0 saturated heterocycles. The van der Waals surface area contributed by atoms with E-state index in [1.54, 1.807) is 17.6 Å². The first kappa shape index (κ1) is 25.5. The van der Waals surface area contributed by atoms with Crippen LogP contribution in [0.3, 0.4) is 0 Å². The molecule has 2 aromatic carbocycles. The second kappa shape index (κ2) is 11.4. The maximum Gasteiger partial charge on any atom is 0.210 e. The highest BCUT2D eigenvalue weighted by Gasteiger charge is 2.11. The van der Waals surface area contributed by atoms with E-state index in [-0.39, 0.29) is 0 Å². The quantitative estimate of drug-likeness (QED) is 0.171. The topological polar surface area (TPSA) is 57.6 Å². The average Bonchev–Trinajstić information content (AvgIpc) is 3.05. The van der Waals surface area contributed by atoms with Crippen LogP contribution in [-0.2, 0) is 7.05 Å². The van der Waals surface area contributed by atoms with Crippen molar-refractivity contribution in [3.8, 4) is 0 Å². The lowest BCUT2D eigenvalue weighted by Gasteiger charge is -2.29. The van der Waals surface area contributed by atoms with Crippen LogP contribution in [0, 0.1) is 13.8 Å². The third kappa shape index (κ3) is 7.20. The minimum absolute atomic E-state index is 0.798. The van der Waals surface area contributed by atoms with Crippen LogP contribution in [0.15, 0.2) is 69.0 Å². The van der Waals surface area contributed by atoms with Crippen LogP contribution in [-0.4, -0.2) is 56.0 Å². The van der Waals surface area contributed by atoms with Crippen molar-refractivity contribution >= 4 is 34.6 Å². The van der Waals surface area contributed by atoms with Gasteiger partial charge in [0.2, 0.25) is 4.80 Å². The molecule has 3 aromatic rings. The van der Waals surface area contributed by atoms with E-state index in [9.17, 15) is 0 Å². The first-order valence-corrected chi connectivity index (χ1v) is 12.4. The summed E-state index contributed by atoms with van der Waals surface area (Å²) in [6.07, 6.45) is 1.75. The largest absolute Gasteiger partial charge is 0.366 e. The molecule has 1 heterocycles. The van der Waals surface area contributed by atoms with Gasteiger partial charge in [-0.05, 0) is 62.7 Å². The number of likely N-dealkylation sites (N-methyl/N-ethyl adjacent to an activating group) is 2. The molecule has 0 unspecified atom stereocenters. The van der Waals surface area contributed by atoms with Crippen molar-refractivity contribution in [3.63, 3.8) is 0 Å². The maximum atomic E-state index is 4.39. The number of nitrogens with zero attached hydrogens (tertiary/aromatic N) is 7. The fourth-order valence-corrected chi connectivity index (χ4v) is 4.17.